The topological polar surface area (TPSA) is 75.3 Å². The normalized spacial score (nSPS) is 11.2. The van der Waals surface area contributed by atoms with Crippen molar-refractivity contribution in [2.24, 2.45) is 0 Å². The maximum absolute atomic E-state index is 12.1. The van der Waals surface area contributed by atoms with Crippen LogP contribution in [0.5, 0.6) is 0 Å². The Hall–Kier alpha value is -1.76. The van der Waals surface area contributed by atoms with E-state index in [1.165, 1.54) is 18.2 Å². The molecule has 0 aliphatic rings. The van der Waals surface area contributed by atoms with E-state index >= 15 is 0 Å². The second-order valence-corrected chi connectivity index (χ2v) is 8.13. The average molecular weight is 387 g/mol. The minimum Gasteiger partial charge on any atom is -0.376 e. The number of aryl methyl sites for hydroxylation is 1. The van der Waals surface area contributed by atoms with Gasteiger partial charge in [0.05, 0.1) is 22.2 Å². The van der Waals surface area contributed by atoms with Crippen molar-refractivity contribution in [1.29, 1.82) is 0 Å². The van der Waals surface area contributed by atoms with Crippen LogP contribution in [0.4, 0.5) is 11.4 Å². The summed E-state index contributed by atoms with van der Waals surface area (Å²) < 4.78 is 23.2. The van der Waals surface area contributed by atoms with Gasteiger partial charge in [-0.05, 0) is 42.8 Å². The predicted octanol–water partition coefficient (Wildman–Crippen LogP) is 3.76. The highest BCUT2D eigenvalue weighted by atomic mass is 35.5. The lowest BCUT2D eigenvalue weighted by molar-refractivity contribution is -0.114. The average Bonchev–Trinajstić information content (AvgIpc) is 2.49. The van der Waals surface area contributed by atoms with Crippen LogP contribution in [-0.2, 0) is 14.6 Å². The molecule has 0 unspecified atom stereocenters. The Balaban J connectivity index is 2.09. The van der Waals surface area contributed by atoms with Crippen LogP contribution in [0.3, 0.4) is 0 Å². The summed E-state index contributed by atoms with van der Waals surface area (Å²) in [5.74, 6) is -0.359. The van der Waals surface area contributed by atoms with Crippen LogP contribution in [-0.4, -0.2) is 27.1 Å². The molecule has 0 aromatic heterocycles. The van der Waals surface area contributed by atoms with Crippen molar-refractivity contribution >= 4 is 50.3 Å². The van der Waals surface area contributed by atoms with Gasteiger partial charge in [0.1, 0.15) is 0 Å². The lowest BCUT2D eigenvalue weighted by atomic mass is 10.2. The first-order chi connectivity index (χ1) is 11.2. The van der Waals surface area contributed by atoms with Crippen LogP contribution in [0.2, 0.25) is 10.0 Å². The Kier molecular flexibility index (Phi) is 5.74. The number of anilines is 2. The van der Waals surface area contributed by atoms with Crippen molar-refractivity contribution in [3.8, 4) is 0 Å². The highest BCUT2D eigenvalue weighted by Gasteiger charge is 2.12. The van der Waals surface area contributed by atoms with Gasteiger partial charge in [-0.15, -0.1) is 0 Å². The molecule has 1 amide bonds. The fraction of sp³-hybridized carbons (Fsp3) is 0.188. The molecule has 0 radical (unpaired) electrons. The van der Waals surface area contributed by atoms with E-state index in [0.717, 1.165) is 17.5 Å². The minimum absolute atomic E-state index is 0.0133. The predicted molar refractivity (Wildman–Crippen MR) is 97.9 cm³/mol. The van der Waals surface area contributed by atoms with Crippen molar-refractivity contribution in [3.63, 3.8) is 0 Å². The van der Waals surface area contributed by atoms with E-state index in [-0.39, 0.29) is 28.1 Å². The third-order valence-electron chi connectivity index (χ3n) is 3.28. The molecular formula is C16H16Cl2N2O3S. The number of carbonyl (C=O) groups excluding carboxylic acids is 1. The van der Waals surface area contributed by atoms with Gasteiger partial charge in [-0.3, -0.25) is 4.79 Å². The number of sulfone groups is 1. The number of hydrogen-bond acceptors (Lipinski definition) is 4. The fourth-order valence-electron chi connectivity index (χ4n) is 1.99. The molecule has 0 saturated carbocycles. The molecule has 0 heterocycles. The number of nitrogens with one attached hydrogen (secondary N) is 2. The molecule has 0 fully saturated rings. The van der Waals surface area contributed by atoms with Crippen LogP contribution >= 0.6 is 23.2 Å². The third-order valence-corrected chi connectivity index (χ3v) is 4.95. The molecule has 5 nitrogen and oxygen atoms in total. The Morgan fingerprint density at radius 1 is 1.08 bits per heavy atom. The molecule has 0 bridgehead atoms. The molecule has 0 atom stereocenters. The Labute approximate surface area is 150 Å². The van der Waals surface area contributed by atoms with E-state index in [1.54, 1.807) is 12.1 Å². The van der Waals surface area contributed by atoms with Gasteiger partial charge in [-0.25, -0.2) is 8.42 Å². The van der Waals surface area contributed by atoms with E-state index in [1.807, 2.05) is 13.0 Å². The minimum atomic E-state index is -3.38. The molecule has 0 aliphatic carbocycles. The van der Waals surface area contributed by atoms with E-state index < -0.39 is 9.84 Å². The fourth-order valence-corrected chi connectivity index (χ4v) is 2.97. The molecular weight excluding hydrogens is 371 g/mol. The van der Waals surface area contributed by atoms with Crippen LogP contribution < -0.4 is 10.6 Å². The van der Waals surface area contributed by atoms with Crippen LogP contribution in [0, 0.1) is 6.92 Å². The maximum Gasteiger partial charge on any atom is 0.243 e. The van der Waals surface area contributed by atoms with Gasteiger partial charge < -0.3 is 10.6 Å². The second kappa shape index (κ2) is 7.42. The number of hydrogen-bond donors (Lipinski definition) is 2. The van der Waals surface area contributed by atoms with E-state index in [4.69, 9.17) is 23.2 Å². The van der Waals surface area contributed by atoms with Crippen LogP contribution in [0.15, 0.2) is 41.3 Å². The summed E-state index contributed by atoms with van der Waals surface area (Å²) in [4.78, 5) is 12.2. The maximum atomic E-state index is 12.1. The highest BCUT2D eigenvalue weighted by Crippen LogP contribution is 2.25. The van der Waals surface area contributed by atoms with E-state index in [0.29, 0.717) is 5.02 Å². The number of amides is 1. The standard InChI is InChI=1S/C16H16Cl2N2O3S/c1-10-3-4-11(17)7-14(10)19-9-16(21)20-15-8-12(24(2,22)23)5-6-13(15)18/h3-8,19H,9H2,1-2H3,(H,20,21). The van der Waals surface area contributed by atoms with E-state index in [2.05, 4.69) is 10.6 Å². The third kappa shape index (κ3) is 4.87. The monoisotopic (exact) mass is 386 g/mol. The summed E-state index contributed by atoms with van der Waals surface area (Å²) in [7, 11) is -3.38. The van der Waals surface area contributed by atoms with Crippen molar-refractivity contribution in [2.75, 3.05) is 23.4 Å². The number of carbonyl (C=O) groups is 1. The zero-order valence-electron chi connectivity index (χ0n) is 13.1. The van der Waals surface area contributed by atoms with E-state index in [9.17, 15) is 13.2 Å². The van der Waals surface area contributed by atoms with Gasteiger partial charge in [0, 0.05) is 17.0 Å². The lowest BCUT2D eigenvalue weighted by Crippen LogP contribution is -2.22. The SMILES string of the molecule is Cc1ccc(Cl)cc1NCC(=O)Nc1cc(S(C)(=O)=O)ccc1Cl. The Morgan fingerprint density at radius 2 is 1.79 bits per heavy atom. The molecule has 2 N–H and O–H groups in total. The first-order valence-corrected chi connectivity index (χ1v) is 9.61. The van der Waals surface area contributed by atoms with Crippen LogP contribution in [0.25, 0.3) is 0 Å². The molecule has 0 saturated heterocycles. The van der Waals surface area contributed by atoms with Crippen LogP contribution in [0.1, 0.15) is 5.56 Å². The van der Waals surface area contributed by atoms with Gasteiger partial charge >= 0.3 is 0 Å². The summed E-state index contributed by atoms with van der Waals surface area (Å²) in [6.45, 7) is 1.88. The molecule has 128 valence electrons. The summed E-state index contributed by atoms with van der Waals surface area (Å²) in [5, 5.41) is 6.40. The van der Waals surface area contributed by atoms with Crippen molar-refractivity contribution in [2.45, 2.75) is 11.8 Å². The Morgan fingerprint density at radius 3 is 2.46 bits per heavy atom. The summed E-state index contributed by atoms with van der Waals surface area (Å²) in [5.41, 5.74) is 1.94. The summed E-state index contributed by atoms with van der Waals surface area (Å²) in [6.07, 6.45) is 1.09. The molecule has 2 rings (SSSR count). The highest BCUT2D eigenvalue weighted by molar-refractivity contribution is 7.90. The van der Waals surface area contributed by atoms with Crippen molar-refractivity contribution in [3.05, 3.63) is 52.0 Å². The lowest BCUT2D eigenvalue weighted by Gasteiger charge is -2.12. The second-order valence-electron chi connectivity index (χ2n) is 5.27. The largest absolute Gasteiger partial charge is 0.376 e. The van der Waals surface area contributed by atoms with Gasteiger partial charge in [0.15, 0.2) is 9.84 Å². The zero-order valence-corrected chi connectivity index (χ0v) is 15.4. The molecule has 24 heavy (non-hydrogen) atoms. The summed E-state index contributed by atoms with van der Waals surface area (Å²) in [6, 6.07) is 9.48. The summed E-state index contributed by atoms with van der Waals surface area (Å²) >= 11 is 11.9. The number of halogens is 2. The number of benzene rings is 2. The van der Waals surface area contributed by atoms with Gasteiger partial charge in [-0.1, -0.05) is 29.3 Å². The molecule has 2 aromatic carbocycles. The quantitative estimate of drug-likeness (QED) is 0.819. The van der Waals surface area contributed by atoms with Gasteiger partial charge in [0.2, 0.25) is 5.91 Å². The van der Waals surface area contributed by atoms with Gasteiger partial charge in [0.25, 0.3) is 0 Å². The first-order valence-electron chi connectivity index (χ1n) is 6.96. The van der Waals surface area contributed by atoms with Crippen molar-refractivity contribution in [1.82, 2.24) is 0 Å². The first kappa shape index (κ1) is 18.6. The van der Waals surface area contributed by atoms with Crippen molar-refractivity contribution < 1.29 is 13.2 Å². The molecule has 0 aliphatic heterocycles. The zero-order chi connectivity index (χ0) is 17.9. The van der Waals surface area contributed by atoms with Gasteiger partial charge in [-0.2, -0.15) is 0 Å². The molecule has 2 aromatic rings. The number of rotatable bonds is 5. The molecule has 8 heteroatoms. The Bertz CT molecular complexity index is 883. The molecule has 0 spiro atoms. The smallest absolute Gasteiger partial charge is 0.243 e.